The van der Waals surface area contributed by atoms with E-state index in [4.69, 9.17) is 23.2 Å². The fourth-order valence-corrected chi connectivity index (χ4v) is 8.30. The molecule has 2 heterocycles. The number of aromatic hydroxyl groups is 1. The SMILES string of the molecule is C=CCc1cccc([C@H]2C3=CC[C@@H]4C(=O)N(c5cccc(C(=O)O)c5)C(=O)[C@@H]4[C@@H]3C[C@@]3(Cl)C(=O)N(C)C(=O)[C@@]23Cl)c1O. The number of anilines is 1. The molecule has 4 amide bonds. The fraction of sp³-hybridized carbons (Fsp3) is 0.323. The summed E-state index contributed by atoms with van der Waals surface area (Å²) in [5.41, 5.74) is 1.40. The van der Waals surface area contributed by atoms with E-state index in [2.05, 4.69) is 6.58 Å². The average Bonchev–Trinajstić information content (AvgIpc) is 3.29. The molecule has 6 rings (SSSR count). The largest absolute Gasteiger partial charge is 0.507 e. The van der Waals surface area contributed by atoms with Gasteiger partial charge in [-0.05, 0) is 48.9 Å². The molecule has 2 aliphatic heterocycles. The zero-order valence-corrected chi connectivity index (χ0v) is 23.9. The Morgan fingerprint density at radius 2 is 1.79 bits per heavy atom. The highest BCUT2D eigenvalue weighted by molar-refractivity contribution is 6.53. The van der Waals surface area contributed by atoms with Crippen LogP contribution in [0.1, 0.15) is 40.2 Å². The molecular formula is C31H26Cl2N2O7. The average molecular weight is 609 g/mol. The number of hydrogen-bond acceptors (Lipinski definition) is 6. The summed E-state index contributed by atoms with van der Waals surface area (Å²) in [6, 6.07) is 10.6. The fourth-order valence-electron chi connectivity index (χ4n) is 7.29. The molecule has 0 bridgehead atoms. The molecule has 4 aliphatic rings. The van der Waals surface area contributed by atoms with Crippen molar-refractivity contribution in [1.82, 2.24) is 4.90 Å². The van der Waals surface area contributed by atoms with Crippen LogP contribution in [0.4, 0.5) is 5.69 Å². The lowest BCUT2D eigenvalue weighted by atomic mass is 9.56. The number of imide groups is 2. The molecule has 42 heavy (non-hydrogen) atoms. The zero-order valence-electron chi connectivity index (χ0n) is 22.4. The van der Waals surface area contributed by atoms with Crippen LogP contribution in [0.15, 0.2) is 66.8 Å². The number of aromatic carboxylic acids is 1. The Morgan fingerprint density at radius 1 is 1.07 bits per heavy atom. The Kier molecular flexibility index (Phi) is 6.40. The molecule has 0 unspecified atom stereocenters. The maximum Gasteiger partial charge on any atom is 0.335 e. The van der Waals surface area contributed by atoms with Gasteiger partial charge in [0.15, 0.2) is 9.75 Å². The van der Waals surface area contributed by atoms with Crippen molar-refractivity contribution in [2.45, 2.75) is 34.9 Å². The molecule has 0 aromatic heterocycles. The minimum atomic E-state index is -2.01. The van der Waals surface area contributed by atoms with E-state index in [1.807, 2.05) is 0 Å². The normalized spacial score (nSPS) is 31.9. The number of benzene rings is 2. The second-order valence-electron chi connectivity index (χ2n) is 11.2. The van der Waals surface area contributed by atoms with E-state index in [0.717, 1.165) is 9.80 Å². The molecule has 1 saturated carbocycles. The minimum Gasteiger partial charge on any atom is -0.507 e. The number of halogens is 2. The van der Waals surface area contributed by atoms with E-state index in [9.17, 15) is 34.2 Å². The van der Waals surface area contributed by atoms with Crippen molar-refractivity contribution >= 4 is 58.5 Å². The summed E-state index contributed by atoms with van der Waals surface area (Å²) in [5, 5.41) is 20.8. The maximum absolute atomic E-state index is 14.1. The van der Waals surface area contributed by atoms with E-state index in [0.29, 0.717) is 17.6 Å². The molecule has 9 nitrogen and oxygen atoms in total. The van der Waals surface area contributed by atoms with Gasteiger partial charge in [0.25, 0.3) is 11.8 Å². The lowest BCUT2D eigenvalue weighted by Gasteiger charge is -2.50. The highest BCUT2D eigenvalue weighted by atomic mass is 35.5. The number of likely N-dealkylation sites (tertiary alicyclic amines) is 1. The van der Waals surface area contributed by atoms with Gasteiger partial charge in [0, 0.05) is 18.5 Å². The van der Waals surface area contributed by atoms with Crippen LogP contribution in [0.5, 0.6) is 5.75 Å². The first-order chi connectivity index (χ1) is 19.9. The molecule has 11 heteroatoms. The topological polar surface area (TPSA) is 132 Å². The number of amides is 4. The number of phenols is 1. The van der Waals surface area contributed by atoms with E-state index in [1.165, 1.54) is 31.3 Å². The molecule has 6 atom stereocenters. The Bertz CT molecular complexity index is 1650. The van der Waals surface area contributed by atoms with E-state index in [-0.39, 0.29) is 35.4 Å². The Labute approximate surface area is 251 Å². The number of carbonyl (C=O) groups excluding carboxylic acids is 4. The third-order valence-corrected chi connectivity index (χ3v) is 10.6. The van der Waals surface area contributed by atoms with Crippen molar-refractivity contribution in [2.75, 3.05) is 11.9 Å². The van der Waals surface area contributed by atoms with Gasteiger partial charge >= 0.3 is 5.97 Å². The second kappa shape index (κ2) is 9.54. The maximum atomic E-state index is 14.1. The van der Waals surface area contributed by atoms with E-state index >= 15 is 0 Å². The number of para-hydroxylation sites is 1. The predicted octanol–water partition coefficient (Wildman–Crippen LogP) is 4.01. The second-order valence-corrected chi connectivity index (χ2v) is 12.5. The van der Waals surface area contributed by atoms with Gasteiger partial charge in [0.1, 0.15) is 5.75 Å². The smallest absolute Gasteiger partial charge is 0.335 e. The Morgan fingerprint density at radius 3 is 2.48 bits per heavy atom. The number of carboxylic acid groups (broad SMARTS) is 1. The van der Waals surface area contributed by atoms with Crippen LogP contribution in [0.3, 0.4) is 0 Å². The number of alkyl halides is 2. The van der Waals surface area contributed by atoms with Crippen molar-refractivity contribution in [2.24, 2.45) is 17.8 Å². The zero-order chi connectivity index (χ0) is 30.3. The van der Waals surface area contributed by atoms with Crippen molar-refractivity contribution < 1.29 is 34.2 Å². The number of allylic oxidation sites excluding steroid dienone is 3. The van der Waals surface area contributed by atoms with Gasteiger partial charge in [-0.25, -0.2) is 4.79 Å². The molecule has 0 spiro atoms. The molecule has 3 fully saturated rings. The first-order valence-corrected chi connectivity index (χ1v) is 14.2. The molecule has 216 valence electrons. The van der Waals surface area contributed by atoms with Crippen LogP contribution >= 0.6 is 23.2 Å². The van der Waals surface area contributed by atoms with Crippen molar-refractivity contribution in [3.8, 4) is 5.75 Å². The first kappa shape index (κ1) is 28.2. The molecule has 2 aromatic rings. The van der Waals surface area contributed by atoms with Crippen LogP contribution in [0, 0.1) is 17.8 Å². The molecule has 0 radical (unpaired) electrons. The number of hydrogen-bond donors (Lipinski definition) is 2. The molecular weight excluding hydrogens is 583 g/mol. The van der Waals surface area contributed by atoms with E-state index < -0.39 is 63.0 Å². The van der Waals surface area contributed by atoms with Crippen LogP contribution in [-0.4, -0.2) is 61.5 Å². The Hall–Kier alpha value is -3.95. The quantitative estimate of drug-likeness (QED) is 0.298. The number of nitrogens with zero attached hydrogens (tertiary/aromatic N) is 2. The summed E-state index contributed by atoms with van der Waals surface area (Å²) in [7, 11) is 1.30. The lowest BCUT2D eigenvalue weighted by Crippen LogP contribution is -2.60. The van der Waals surface area contributed by atoms with Crippen LogP contribution in [0.2, 0.25) is 0 Å². The summed E-state index contributed by atoms with van der Waals surface area (Å²) < 4.78 is 0. The van der Waals surface area contributed by atoms with Gasteiger partial charge in [-0.3, -0.25) is 29.0 Å². The van der Waals surface area contributed by atoms with Gasteiger partial charge < -0.3 is 10.2 Å². The van der Waals surface area contributed by atoms with Gasteiger partial charge in [-0.15, -0.1) is 29.8 Å². The molecule has 2 aliphatic carbocycles. The van der Waals surface area contributed by atoms with Crippen molar-refractivity contribution in [3.63, 3.8) is 0 Å². The Balaban J connectivity index is 1.52. The highest BCUT2D eigenvalue weighted by Gasteiger charge is 2.76. The molecule has 2 aromatic carbocycles. The number of phenolic OH excluding ortho intramolecular Hbond substituents is 1. The predicted molar refractivity (Wildman–Crippen MR) is 153 cm³/mol. The third kappa shape index (κ3) is 3.53. The number of carboxylic acids is 1. The van der Waals surface area contributed by atoms with Crippen molar-refractivity contribution in [3.05, 3.63) is 83.5 Å². The summed E-state index contributed by atoms with van der Waals surface area (Å²) in [5.74, 6) is -7.42. The highest BCUT2D eigenvalue weighted by Crippen LogP contribution is 2.66. The molecule has 2 saturated heterocycles. The summed E-state index contributed by atoms with van der Waals surface area (Å²) in [4.78, 5) is 64.5. The van der Waals surface area contributed by atoms with Gasteiger partial charge in [-0.1, -0.05) is 42.0 Å². The van der Waals surface area contributed by atoms with Crippen molar-refractivity contribution in [1.29, 1.82) is 0 Å². The van der Waals surface area contributed by atoms with E-state index in [1.54, 1.807) is 30.4 Å². The standard InChI is InChI=1S/C31H26Cl2N2O7/c1-3-6-15-7-5-10-20(24(15)36)23-18-11-12-19-22(21(18)14-30(32)28(41)34(2)29(42)31(23,30)33)26(38)35(25(19)37)17-9-4-8-16(13-17)27(39)40/h3-5,7-11,13,19,21-23,36H,1,6,12,14H2,2H3,(H,39,40)/t19-,21+,22-,23+,30+,31-/m0/s1. The van der Waals surface area contributed by atoms with Crippen LogP contribution < -0.4 is 4.90 Å². The molecule has 2 N–H and O–H groups in total. The number of fused-ring (bicyclic) bond motifs is 4. The number of carbonyl (C=O) groups is 5. The van der Waals surface area contributed by atoms with Crippen LogP contribution in [0.25, 0.3) is 0 Å². The van der Waals surface area contributed by atoms with Gasteiger partial charge in [-0.2, -0.15) is 0 Å². The number of rotatable bonds is 5. The minimum absolute atomic E-state index is 0.0841. The third-order valence-electron chi connectivity index (χ3n) is 9.19. The van der Waals surface area contributed by atoms with Gasteiger partial charge in [0.2, 0.25) is 11.8 Å². The summed E-state index contributed by atoms with van der Waals surface area (Å²) in [6.07, 6.45) is 3.66. The summed E-state index contributed by atoms with van der Waals surface area (Å²) >= 11 is 14.3. The van der Waals surface area contributed by atoms with Crippen LogP contribution in [-0.2, 0) is 25.6 Å². The first-order valence-electron chi connectivity index (χ1n) is 13.4. The monoisotopic (exact) mass is 608 g/mol. The lowest BCUT2D eigenvalue weighted by molar-refractivity contribution is -0.138. The van der Waals surface area contributed by atoms with Gasteiger partial charge in [0.05, 0.1) is 23.1 Å². The summed E-state index contributed by atoms with van der Waals surface area (Å²) in [6.45, 7) is 3.73.